The second-order valence-electron chi connectivity index (χ2n) is 6.43. The monoisotopic (exact) mass is 403 g/mol. The molecule has 1 atom stereocenters. The summed E-state index contributed by atoms with van der Waals surface area (Å²) < 4.78 is 1.82. The van der Waals surface area contributed by atoms with E-state index in [0.717, 1.165) is 42.2 Å². The highest BCUT2D eigenvalue weighted by atomic mass is 35.5. The molecule has 6 nitrogen and oxygen atoms in total. The first-order valence-corrected chi connectivity index (χ1v) is 9.65. The normalized spacial score (nSPS) is 16.8. The fourth-order valence-electron chi connectivity index (χ4n) is 3.22. The Morgan fingerprint density at radius 1 is 1.30 bits per heavy atom. The van der Waals surface area contributed by atoms with Crippen LogP contribution in [0.25, 0.3) is 16.3 Å². The maximum atomic E-state index is 12.8. The van der Waals surface area contributed by atoms with Gasteiger partial charge in [0.05, 0.1) is 11.9 Å². The molecule has 1 saturated heterocycles. The minimum Gasteiger partial charge on any atom is -0.336 e. The van der Waals surface area contributed by atoms with Crippen molar-refractivity contribution in [3.8, 4) is 16.3 Å². The number of hydrogen-bond donors (Lipinski definition) is 1. The number of piperidine rings is 1. The van der Waals surface area contributed by atoms with Gasteiger partial charge in [0.2, 0.25) is 0 Å². The van der Waals surface area contributed by atoms with Crippen molar-refractivity contribution in [1.82, 2.24) is 25.0 Å². The molecule has 1 amide bonds. The molecule has 1 aliphatic rings. The van der Waals surface area contributed by atoms with Crippen molar-refractivity contribution in [2.75, 3.05) is 20.1 Å². The maximum Gasteiger partial charge on any atom is 0.273 e. The Morgan fingerprint density at radius 3 is 2.89 bits per heavy atom. The molecule has 0 saturated carbocycles. The fourth-order valence-corrected chi connectivity index (χ4v) is 3.99. The summed E-state index contributed by atoms with van der Waals surface area (Å²) in [5, 5.41) is 10.3. The topological polar surface area (TPSA) is 63.1 Å². The molecule has 2 aromatic heterocycles. The van der Waals surface area contributed by atoms with Gasteiger partial charge in [0, 0.05) is 36.3 Å². The number of hydrogen-bond acceptors (Lipinski definition) is 5. The average Bonchev–Trinajstić information content (AvgIpc) is 3.38. The average molecular weight is 404 g/mol. The molecular formula is C19H22ClN5OS. The lowest BCUT2D eigenvalue weighted by atomic mass is 10.1. The van der Waals surface area contributed by atoms with E-state index in [1.54, 1.807) is 6.20 Å². The third kappa shape index (κ3) is 4.21. The van der Waals surface area contributed by atoms with Crippen LogP contribution < -0.4 is 5.32 Å². The third-order valence-electron chi connectivity index (χ3n) is 4.69. The van der Waals surface area contributed by atoms with E-state index in [1.165, 1.54) is 11.3 Å². The van der Waals surface area contributed by atoms with Crippen LogP contribution in [-0.2, 0) is 0 Å². The van der Waals surface area contributed by atoms with Crippen molar-refractivity contribution in [2.24, 2.45) is 0 Å². The van der Waals surface area contributed by atoms with Gasteiger partial charge in [0.15, 0.2) is 0 Å². The number of carbonyl (C=O) groups excluding carboxylic acids is 1. The van der Waals surface area contributed by atoms with Gasteiger partial charge < -0.3 is 10.2 Å². The first-order valence-electron chi connectivity index (χ1n) is 8.77. The number of nitrogens with zero attached hydrogens (tertiary/aromatic N) is 4. The summed E-state index contributed by atoms with van der Waals surface area (Å²) in [4.78, 5) is 19.2. The van der Waals surface area contributed by atoms with Crippen LogP contribution in [0.5, 0.6) is 0 Å². The molecule has 8 heteroatoms. The molecule has 0 radical (unpaired) electrons. The minimum atomic E-state index is 0. The molecule has 142 valence electrons. The highest BCUT2D eigenvalue weighted by molar-refractivity contribution is 7.13. The second-order valence-corrected chi connectivity index (χ2v) is 7.28. The van der Waals surface area contributed by atoms with Crippen LogP contribution in [0.1, 0.15) is 23.3 Å². The number of carbonyl (C=O) groups is 1. The van der Waals surface area contributed by atoms with Gasteiger partial charge in [-0.05, 0) is 32.0 Å². The molecule has 27 heavy (non-hydrogen) atoms. The van der Waals surface area contributed by atoms with Gasteiger partial charge in [-0.3, -0.25) is 4.79 Å². The first kappa shape index (κ1) is 19.5. The highest BCUT2D eigenvalue weighted by Crippen LogP contribution is 2.25. The Hall–Kier alpha value is -2.22. The van der Waals surface area contributed by atoms with Crippen LogP contribution in [0.4, 0.5) is 0 Å². The van der Waals surface area contributed by atoms with E-state index >= 15 is 0 Å². The highest BCUT2D eigenvalue weighted by Gasteiger charge is 2.25. The van der Waals surface area contributed by atoms with Crippen molar-refractivity contribution in [3.05, 3.63) is 53.8 Å². The van der Waals surface area contributed by atoms with Crippen LogP contribution in [-0.4, -0.2) is 51.8 Å². The molecule has 1 aromatic carbocycles. The third-order valence-corrected chi connectivity index (χ3v) is 5.58. The first-order chi connectivity index (χ1) is 12.7. The lowest BCUT2D eigenvalue weighted by Gasteiger charge is -2.32. The van der Waals surface area contributed by atoms with Gasteiger partial charge in [-0.15, -0.1) is 23.7 Å². The molecule has 1 fully saturated rings. The molecule has 0 spiro atoms. The number of amides is 1. The molecule has 3 heterocycles. The van der Waals surface area contributed by atoms with Gasteiger partial charge in [0.1, 0.15) is 10.7 Å². The number of nitrogens with one attached hydrogen (secondary N) is 1. The van der Waals surface area contributed by atoms with Crippen molar-refractivity contribution >= 4 is 29.7 Å². The van der Waals surface area contributed by atoms with Crippen LogP contribution in [0.2, 0.25) is 0 Å². The Labute approximate surface area is 168 Å². The number of likely N-dealkylation sites (tertiary alicyclic amines) is 1. The molecule has 1 unspecified atom stereocenters. The summed E-state index contributed by atoms with van der Waals surface area (Å²) in [6.45, 7) is 1.55. The number of halogens is 1. The Kier molecular flexibility index (Phi) is 6.26. The van der Waals surface area contributed by atoms with Gasteiger partial charge in [0.25, 0.3) is 5.91 Å². The maximum absolute atomic E-state index is 12.8. The molecule has 0 bridgehead atoms. The Morgan fingerprint density at radius 2 is 2.11 bits per heavy atom. The molecule has 3 aromatic rings. The largest absolute Gasteiger partial charge is 0.336 e. The van der Waals surface area contributed by atoms with Crippen molar-refractivity contribution in [2.45, 2.75) is 18.9 Å². The Balaban J connectivity index is 0.00000210. The summed E-state index contributed by atoms with van der Waals surface area (Å²) in [5.74, 6) is 0.0166. The number of thiazole rings is 1. The minimum absolute atomic E-state index is 0. The van der Waals surface area contributed by atoms with Gasteiger partial charge >= 0.3 is 0 Å². The zero-order valence-electron chi connectivity index (χ0n) is 15.0. The van der Waals surface area contributed by atoms with Crippen molar-refractivity contribution < 1.29 is 4.79 Å². The van der Waals surface area contributed by atoms with E-state index in [1.807, 2.05) is 58.5 Å². The number of likely N-dealkylation sites (N-methyl/N-ethyl adjacent to an activating group) is 1. The summed E-state index contributed by atoms with van der Waals surface area (Å²) in [6, 6.07) is 10.3. The van der Waals surface area contributed by atoms with Crippen molar-refractivity contribution in [3.63, 3.8) is 0 Å². The lowest BCUT2D eigenvalue weighted by Crippen LogP contribution is -2.47. The van der Waals surface area contributed by atoms with Crippen LogP contribution in [0.15, 0.2) is 48.1 Å². The fraction of sp³-hybridized carbons (Fsp3) is 0.316. The summed E-state index contributed by atoms with van der Waals surface area (Å²) in [5.41, 5.74) is 2.44. The summed E-state index contributed by atoms with van der Waals surface area (Å²) >= 11 is 1.48. The Bertz CT molecular complexity index is 894. The summed E-state index contributed by atoms with van der Waals surface area (Å²) in [7, 11) is 1.95. The van der Waals surface area contributed by atoms with E-state index in [-0.39, 0.29) is 18.3 Å². The summed E-state index contributed by atoms with van der Waals surface area (Å²) in [6.07, 6.45) is 5.87. The lowest BCUT2D eigenvalue weighted by molar-refractivity contribution is 0.0693. The van der Waals surface area contributed by atoms with Gasteiger partial charge in [-0.2, -0.15) is 5.10 Å². The number of para-hydroxylation sites is 1. The van der Waals surface area contributed by atoms with E-state index in [4.69, 9.17) is 0 Å². The van der Waals surface area contributed by atoms with Crippen LogP contribution >= 0.6 is 23.7 Å². The second kappa shape index (κ2) is 8.65. The molecular weight excluding hydrogens is 382 g/mol. The quantitative estimate of drug-likeness (QED) is 0.726. The van der Waals surface area contributed by atoms with E-state index in [2.05, 4.69) is 15.4 Å². The number of rotatable bonds is 4. The smallest absolute Gasteiger partial charge is 0.273 e. The predicted molar refractivity (Wildman–Crippen MR) is 110 cm³/mol. The molecule has 0 aliphatic carbocycles. The van der Waals surface area contributed by atoms with E-state index in [9.17, 15) is 4.79 Å². The molecule has 1 aliphatic heterocycles. The zero-order valence-corrected chi connectivity index (χ0v) is 16.7. The van der Waals surface area contributed by atoms with E-state index < -0.39 is 0 Å². The van der Waals surface area contributed by atoms with Crippen LogP contribution in [0.3, 0.4) is 0 Å². The standard InChI is InChI=1S/C19H21N5OS.ClH/c1-20-15-6-5-9-23(12-15)19(25)17-13-26-18(22-17)14-10-21-24(11-14)16-7-3-2-4-8-16;/h2-4,7-8,10-11,13,15,20H,5-6,9,12H2,1H3;1H. The van der Waals surface area contributed by atoms with Crippen molar-refractivity contribution in [1.29, 1.82) is 0 Å². The SMILES string of the molecule is CNC1CCCN(C(=O)c2csc(-c3cnn(-c4ccccc4)c3)n2)C1.Cl. The number of benzene rings is 1. The predicted octanol–water partition coefficient (Wildman–Crippen LogP) is 3.24. The van der Waals surface area contributed by atoms with E-state index in [0.29, 0.717) is 11.7 Å². The molecule has 1 N–H and O–H groups in total. The molecule has 4 rings (SSSR count). The van der Waals surface area contributed by atoms with Gasteiger partial charge in [-0.25, -0.2) is 9.67 Å². The van der Waals surface area contributed by atoms with Crippen LogP contribution in [0, 0.1) is 0 Å². The number of aromatic nitrogens is 3. The zero-order chi connectivity index (χ0) is 17.9. The van der Waals surface area contributed by atoms with Gasteiger partial charge in [-0.1, -0.05) is 18.2 Å².